The molecule has 2 aliphatic rings. The maximum absolute atomic E-state index is 12.4. The van der Waals surface area contributed by atoms with Crippen molar-refractivity contribution >= 4 is 17.7 Å². The van der Waals surface area contributed by atoms with Gasteiger partial charge in [-0.25, -0.2) is 4.98 Å². The molecule has 2 saturated heterocycles. The molecule has 2 aliphatic heterocycles. The molecule has 0 bridgehead atoms. The third-order valence-corrected chi connectivity index (χ3v) is 5.34. The first-order valence-corrected chi connectivity index (χ1v) is 9.89. The van der Waals surface area contributed by atoms with Crippen molar-refractivity contribution < 1.29 is 9.21 Å². The summed E-state index contributed by atoms with van der Waals surface area (Å²) in [5, 5.41) is 0. The second-order valence-corrected chi connectivity index (χ2v) is 7.33. The molecule has 0 aliphatic carbocycles. The molecule has 27 heavy (non-hydrogen) atoms. The van der Waals surface area contributed by atoms with Gasteiger partial charge in [-0.15, -0.1) is 0 Å². The number of amides is 1. The zero-order chi connectivity index (χ0) is 18.6. The van der Waals surface area contributed by atoms with Crippen LogP contribution in [0.2, 0.25) is 0 Å². The molecule has 1 amide bonds. The Labute approximate surface area is 160 Å². The van der Waals surface area contributed by atoms with E-state index < -0.39 is 0 Å². The number of carbonyl (C=O) groups excluding carboxylic acids is 1. The molecule has 0 atom stereocenters. The summed E-state index contributed by atoms with van der Waals surface area (Å²) in [5.74, 6) is 2.18. The number of furan rings is 1. The van der Waals surface area contributed by atoms with Crippen molar-refractivity contribution in [2.24, 2.45) is 0 Å². The van der Waals surface area contributed by atoms with Crippen LogP contribution in [0.25, 0.3) is 0 Å². The summed E-state index contributed by atoms with van der Waals surface area (Å²) in [6, 6.07) is 5.51. The number of hydrogen-bond donors (Lipinski definition) is 0. The zero-order valence-corrected chi connectivity index (χ0v) is 15.9. The minimum Gasteiger partial charge on any atom is -0.459 e. The van der Waals surface area contributed by atoms with Crippen molar-refractivity contribution in [3.05, 3.63) is 35.9 Å². The molecule has 0 N–H and O–H groups in total. The molecular formula is C20H27N5O2. The smallest absolute Gasteiger partial charge is 0.289 e. The number of carbonyl (C=O) groups is 1. The molecule has 7 nitrogen and oxygen atoms in total. The number of aromatic nitrogens is 2. The summed E-state index contributed by atoms with van der Waals surface area (Å²) in [4.78, 5) is 28.4. The third kappa shape index (κ3) is 4.07. The van der Waals surface area contributed by atoms with Crippen molar-refractivity contribution in [2.45, 2.75) is 32.6 Å². The zero-order valence-electron chi connectivity index (χ0n) is 15.9. The van der Waals surface area contributed by atoms with Crippen LogP contribution in [-0.4, -0.2) is 60.0 Å². The highest BCUT2D eigenvalue weighted by Gasteiger charge is 2.25. The van der Waals surface area contributed by atoms with E-state index in [4.69, 9.17) is 9.40 Å². The van der Waals surface area contributed by atoms with Crippen molar-refractivity contribution in [3.63, 3.8) is 0 Å². The van der Waals surface area contributed by atoms with E-state index in [0.717, 1.165) is 43.6 Å². The summed E-state index contributed by atoms with van der Waals surface area (Å²) in [6.45, 7) is 6.97. The quantitative estimate of drug-likeness (QED) is 0.829. The number of hydrogen-bond acceptors (Lipinski definition) is 6. The minimum atomic E-state index is -0.0382. The number of aryl methyl sites for hydroxylation is 1. The Balaban J connectivity index is 1.44. The van der Waals surface area contributed by atoms with E-state index in [9.17, 15) is 4.79 Å². The first-order chi connectivity index (χ1) is 13.2. The van der Waals surface area contributed by atoms with Gasteiger partial charge in [0.05, 0.1) is 6.26 Å². The van der Waals surface area contributed by atoms with Crippen LogP contribution in [0.3, 0.4) is 0 Å². The van der Waals surface area contributed by atoms with E-state index in [2.05, 4.69) is 14.8 Å². The molecule has 0 spiro atoms. The van der Waals surface area contributed by atoms with Crippen LogP contribution in [0.15, 0.2) is 28.9 Å². The largest absolute Gasteiger partial charge is 0.459 e. The lowest BCUT2D eigenvalue weighted by molar-refractivity contribution is 0.0714. The van der Waals surface area contributed by atoms with Gasteiger partial charge >= 0.3 is 0 Å². The lowest BCUT2D eigenvalue weighted by Crippen LogP contribution is -2.49. The standard InChI is InChI=1S/C20H27N5O2/c1-16-15-18(22-20(21-16)25-8-4-2-3-5-9-25)23-10-12-24(13-11-23)19(26)17-7-6-14-27-17/h6-7,14-15H,2-5,8-13H2,1H3. The molecule has 0 radical (unpaired) electrons. The first-order valence-electron chi connectivity index (χ1n) is 9.89. The molecule has 0 unspecified atom stereocenters. The van der Waals surface area contributed by atoms with E-state index >= 15 is 0 Å². The Kier molecular flexibility index (Phi) is 5.27. The van der Waals surface area contributed by atoms with Crippen LogP contribution in [0.5, 0.6) is 0 Å². The topological polar surface area (TPSA) is 65.7 Å². The van der Waals surface area contributed by atoms with Crippen LogP contribution in [0, 0.1) is 6.92 Å². The van der Waals surface area contributed by atoms with Crippen LogP contribution in [0.4, 0.5) is 11.8 Å². The molecular weight excluding hydrogens is 342 g/mol. The van der Waals surface area contributed by atoms with Gasteiger partial charge < -0.3 is 19.1 Å². The van der Waals surface area contributed by atoms with Crippen molar-refractivity contribution in [3.8, 4) is 0 Å². The van der Waals surface area contributed by atoms with E-state index in [-0.39, 0.29) is 5.91 Å². The van der Waals surface area contributed by atoms with Crippen LogP contribution in [0.1, 0.15) is 41.9 Å². The minimum absolute atomic E-state index is 0.0382. The second kappa shape index (κ2) is 7.98. The number of nitrogens with zero attached hydrogens (tertiary/aromatic N) is 5. The molecule has 0 saturated carbocycles. The molecule has 144 valence electrons. The van der Waals surface area contributed by atoms with Gasteiger partial charge in [0.15, 0.2) is 5.76 Å². The fourth-order valence-corrected chi connectivity index (χ4v) is 3.81. The molecule has 2 fully saturated rings. The van der Waals surface area contributed by atoms with Crippen molar-refractivity contribution in [1.29, 1.82) is 0 Å². The molecule has 4 heterocycles. The van der Waals surface area contributed by atoms with Gasteiger partial charge in [-0.1, -0.05) is 12.8 Å². The molecule has 2 aromatic rings. The van der Waals surface area contributed by atoms with Gasteiger partial charge in [-0.05, 0) is 31.9 Å². The summed E-state index contributed by atoms with van der Waals surface area (Å²) in [7, 11) is 0. The van der Waals surface area contributed by atoms with Gasteiger partial charge in [0.2, 0.25) is 5.95 Å². The van der Waals surface area contributed by atoms with Gasteiger partial charge in [0.25, 0.3) is 5.91 Å². The summed E-state index contributed by atoms with van der Waals surface area (Å²) >= 11 is 0. The predicted octanol–water partition coefficient (Wildman–Crippen LogP) is 2.72. The molecule has 0 aromatic carbocycles. The summed E-state index contributed by atoms with van der Waals surface area (Å²) < 4.78 is 5.24. The van der Waals surface area contributed by atoms with E-state index in [1.54, 1.807) is 12.1 Å². The van der Waals surface area contributed by atoms with Crippen LogP contribution in [-0.2, 0) is 0 Å². The fourth-order valence-electron chi connectivity index (χ4n) is 3.81. The normalized spacial score (nSPS) is 18.5. The molecule has 4 rings (SSSR count). The maximum atomic E-state index is 12.4. The van der Waals surface area contributed by atoms with E-state index in [1.807, 2.05) is 17.9 Å². The van der Waals surface area contributed by atoms with E-state index in [0.29, 0.717) is 18.8 Å². The Bertz CT molecular complexity index is 761. The fraction of sp³-hybridized carbons (Fsp3) is 0.550. The Morgan fingerprint density at radius 1 is 0.963 bits per heavy atom. The predicted molar refractivity (Wildman–Crippen MR) is 104 cm³/mol. The maximum Gasteiger partial charge on any atom is 0.289 e. The van der Waals surface area contributed by atoms with Crippen molar-refractivity contribution in [1.82, 2.24) is 14.9 Å². The third-order valence-electron chi connectivity index (χ3n) is 5.34. The summed E-state index contributed by atoms with van der Waals surface area (Å²) in [6.07, 6.45) is 6.54. The molecule has 7 heteroatoms. The van der Waals surface area contributed by atoms with Gasteiger partial charge in [0, 0.05) is 51.0 Å². The number of anilines is 2. The van der Waals surface area contributed by atoms with Crippen LogP contribution < -0.4 is 9.80 Å². The summed E-state index contributed by atoms with van der Waals surface area (Å²) in [5.41, 5.74) is 0.994. The Morgan fingerprint density at radius 3 is 2.37 bits per heavy atom. The Hall–Kier alpha value is -2.57. The average molecular weight is 369 g/mol. The van der Waals surface area contributed by atoms with Gasteiger partial charge in [-0.3, -0.25) is 4.79 Å². The highest BCUT2D eigenvalue weighted by Crippen LogP contribution is 2.22. The highest BCUT2D eigenvalue weighted by molar-refractivity contribution is 5.91. The monoisotopic (exact) mass is 369 g/mol. The van der Waals surface area contributed by atoms with Gasteiger partial charge in [0.1, 0.15) is 5.82 Å². The average Bonchev–Trinajstić information content (AvgIpc) is 3.09. The van der Waals surface area contributed by atoms with Crippen LogP contribution >= 0.6 is 0 Å². The lowest BCUT2D eigenvalue weighted by Gasteiger charge is -2.35. The lowest BCUT2D eigenvalue weighted by atomic mass is 10.2. The second-order valence-electron chi connectivity index (χ2n) is 7.33. The SMILES string of the molecule is Cc1cc(N2CCN(C(=O)c3ccco3)CC2)nc(N2CCCCCC2)n1. The molecule has 2 aromatic heterocycles. The van der Waals surface area contributed by atoms with E-state index in [1.165, 1.54) is 31.9 Å². The van der Waals surface area contributed by atoms with Gasteiger partial charge in [-0.2, -0.15) is 4.98 Å². The number of piperazine rings is 1. The Morgan fingerprint density at radius 2 is 1.70 bits per heavy atom. The number of rotatable bonds is 3. The first kappa shape index (κ1) is 17.8. The van der Waals surface area contributed by atoms with Crippen molar-refractivity contribution in [2.75, 3.05) is 49.1 Å². The highest BCUT2D eigenvalue weighted by atomic mass is 16.3.